The highest BCUT2D eigenvalue weighted by Gasteiger charge is 2.22. The maximum absolute atomic E-state index is 8.91. The topological polar surface area (TPSA) is 62.4 Å². The van der Waals surface area contributed by atoms with Crippen LogP contribution in [0.15, 0.2) is 18.2 Å². The van der Waals surface area contributed by atoms with E-state index in [2.05, 4.69) is 9.88 Å². The first-order valence-corrected chi connectivity index (χ1v) is 5.85. The molecule has 0 aromatic carbocycles. The van der Waals surface area contributed by atoms with E-state index in [4.69, 9.17) is 10.8 Å². The van der Waals surface area contributed by atoms with E-state index < -0.39 is 0 Å². The molecule has 2 rings (SSSR count). The van der Waals surface area contributed by atoms with Crippen molar-refractivity contribution in [3.8, 4) is 0 Å². The molecule has 4 nitrogen and oxygen atoms in total. The van der Waals surface area contributed by atoms with Gasteiger partial charge in [-0.1, -0.05) is 6.07 Å². The first kappa shape index (κ1) is 11.4. The summed E-state index contributed by atoms with van der Waals surface area (Å²) in [6.45, 7) is 2.81. The van der Waals surface area contributed by atoms with E-state index in [1.54, 1.807) is 0 Å². The molecule has 1 aromatic rings. The maximum atomic E-state index is 8.91. The number of rotatable bonds is 4. The summed E-state index contributed by atoms with van der Waals surface area (Å²) in [5.41, 5.74) is 6.51. The minimum Gasteiger partial charge on any atom is -0.396 e. The Bertz CT molecular complexity index is 343. The van der Waals surface area contributed by atoms with Crippen LogP contribution in [0.5, 0.6) is 0 Å². The molecular weight excluding hydrogens is 202 g/mol. The van der Waals surface area contributed by atoms with E-state index in [1.165, 1.54) is 0 Å². The van der Waals surface area contributed by atoms with Crippen LogP contribution in [0, 0.1) is 5.92 Å². The van der Waals surface area contributed by atoms with Gasteiger partial charge in [-0.05, 0) is 30.9 Å². The molecule has 4 heteroatoms. The van der Waals surface area contributed by atoms with E-state index in [9.17, 15) is 0 Å². The lowest BCUT2D eigenvalue weighted by Crippen LogP contribution is -2.21. The Morgan fingerprint density at radius 1 is 1.50 bits per heavy atom. The normalized spacial score (nSPS) is 20.4. The maximum Gasteiger partial charge on any atom is 0.128 e. The summed E-state index contributed by atoms with van der Waals surface area (Å²) in [7, 11) is 0. The number of aromatic nitrogens is 1. The van der Waals surface area contributed by atoms with Gasteiger partial charge in [-0.3, -0.25) is 0 Å². The molecule has 0 amide bonds. The second-order valence-electron chi connectivity index (χ2n) is 4.30. The number of aliphatic hydroxyl groups is 1. The van der Waals surface area contributed by atoms with Crippen LogP contribution in [0.25, 0.3) is 0 Å². The lowest BCUT2D eigenvalue weighted by molar-refractivity contribution is 0.263. The van der Waals surface area contributed by atoms with Crippen LogP contribution in [0.4, 0.5) is 5.82 Å². The van der Waals surface area contributed by atoms with Crippen molar-refractivity contribution >= 4 is 5.82 Å². The lowest BCUT2D eigenvalue weighted by atomic mass is 10.1. The highest BCUT2D eigenvalue weighted by atomic mass is 16.3. The summed E-state index contributed by atoms with van der Waals surface area (Å²) in [6, 6.07) is 5.98. The third-order valence-electron chi connectivity index (χ3n) is 3.15. The van der Waals surface area contributed by atoms with Gasteiger partial charge in [0.05, 0.1) is 5.69 Å². The third-order valence-corrected chi connectivity index (χ3v) is 3.15. The number of hydrogen-bond donors (Lipinski definition) is 2. The summed E-state index contributed by atoms with van der Waals surface area (Å²) < 4.78 is 0. The van der Waals surface area contributed by atoms with Crippen molar-refractivity contribution in [3.63, 3.8) is 0 Å². The van der Waals surface area contributed by atoms with Gasteiger partial charge in [-0.25, -0.2) is 4.98 Å². The first-order valence-electron chi connectivity index (χ1n) is 5.85. The standard InChI is InChI=1S/C12H19N3O/c13-8-11-2-1-3-12(14-11)15-6-4-10(9-15)5-7-16/h1-3,10,16H,4-9,13H2. The molecule has 0 bridgehead atoms. The largest absolute Gasteiger partial charge is 0.396 e. The first-order chi connectivity index (χ1) is 7.83. The molecule has 0 aliphatic carbocycles. The van der Waals surface area contributed by atoms with Gasteiger partial charge in [0, 0.05) is 26.2 Å². The molecule has 0 spiro atoms. The van der Waals surface area contributed by atoms with E-state index in [-0.39, 0.29) is 6.61 Å². The number of hydrogen-bond acceptors (Lipinski definition) is 4. The molecule has 0 radical (unpaired) electrons. The third kappa shape index (κ3) is 2.51. The fourth-order valence-corrected chi connectivity index (χ4v) is 2.22. The fourth-order valence-electron chi connectivity index (χ4n) is 2.22. The summed E-state index contributed by atoms with van der Waals surface area (Å²) in [6.07, 6.45) is 2.04. The van der Waals surface area contributed by atoms with Crippen molar-refractivity contribution in [2.75, 3.05) is 24.6 Å². The van der Waals surface area contributed by atoms with Crippen LogP contribution in [0.1, 0.15) is 18.5 Å². The number of nitrogens with zero attached hydrogens (tertiary/aromatic N) is 2. The minimum atomic E-state index is 0.286. The highest BCUT2D eigenvalue weighted by Crippen LogP contribution is 2.24. The predicted molar refractivity (Wildman–Crippen MR) is 64.2 cm³/mol. The van der Waals surface area contributed by atoms with Crippen LogP contribution in [0.2, 0.25) is 0 Å². The van der Waals surface area contributed by atoms with Crippen LogP contribution in [-0.2, 0) is 6.54 Å². The molecule has 3 N–H and O–H groups in total. The molecule has 1 atom stereocenters. The lowest BCUT2D eigenvalue weighted by Gasteiger charge is -2.17. The molecule has 88 valence electrons. The molecule has 16 heavy (non-hydrogen) atoms. The highest BCUT2D eigenvalue weighted by molar-refractivity contribution is 5.40. The van der Waals surface area contributed by atoms with Gasteiger partial charge in [0.15, 0.2) is 0 Å². The number of nitrogens with two attached hydrogens (primary N) is 1. The van der Waals surface area contributed by atoms with Crippen molar-refractivity contribution in [2.45, 2.75) is 19.4 Å². The predicted octanol–water partition coefficient (Wildman–Crippen LogP) is 0.749. The fraction of sp³-hybridized carbons (Fsp3) is 0.583. The van der Waals surface area contributed by atoms with E-state index >= 15 is 0 Å². The van der Waals surface area contributed by atoms with Crippen LogP contribution in [-0.4, -0.2) is 29.8 Å². The Morgan fingerprint density at radius 2 is 2.38 bits per heavy atom. The quantitative estimate of drug-likeness (QED) is 0.787. The van der Waals surface area contributed by atoms with Crippen molar-refractivity contribution in [2.24, 2.45) is 11.7 Å². The van der Waals surface area contributed by atoms with Gasteiger partial charge in [-0.2, -0.15) is 0 Å². The number of anilines is 1. The summed E-state index contributed by atoms with van der Waals surface area (Å²) >= 11 is 0. The van der Waals surface area contributed by atoms with Crippen molar-refractivity contribution < 1.29 is 5.11 Å². The molecule has 1 aliphatic rings. The zero-order valence-corrected chi connectivity index (χ0v) is 9.47. The van der Waals surface area contributed by atoms with E-state index in [1.807, 2.05) is 18.2 Å². The molecule has 0 saturated carbocycles. The minimum absolute atomic E-state index is 0.286. The van der Waals surface area contributed by atoms with Crippen molar-refractivity contribution in [1.29, 1.82) is 0 Å². The zero-order chi connectivity index (χ0) is 11.4. The van der Waals surface area contributed by atoms with Gasteiger partial charge < -0.3 is 15.7 Å². The van der Waals surface area contributed by atoms with Gasteiger partial charge in [0.2, 0.25) is 0 Å². The van der Waals surface area contributed by atoms with Crippen LogP contribution in [0.3, 0.4) is 0 Å². The molecular formula is C12H19N3O. The molecule has 2 heterocycles. The van der Waals surface area contributed by atoms with E-state index in [0.29, 0.717) is 12.5 Å². The average molecular weight is 221 g/mol. The van der Waals surface area contributed by atoms with Crippen LogP contribution < -0.4 is 10.6 Å². The Balaban J connectivity index is 2.02. The van der Waals surface area contributed by atoms with E-state index in [0.717, 1.165) is 37.4 Å². The van der Waals surface area contributed by atoms with Gasteiger partial charge >= 0.3 is 0 Å². The summed E-state index contributed by atoms with van der Waals surface area (Å²) in [4.78, 5) is 6.78. The SMILES string of the molecule is NCc1cccc(N2CCC(CCO)C2)n1. The molecule has 1 aliphatic heterocycles. The Labute approximate surface area is 96.1 Å². The van der Waals surface area contributed by atoms with Crippen molar-refractivity contribution in [3.05, 3.63) is 23.9 Å². The summed E-state index contributed by atoms with van der Waals surface area (Å²) in [5.74, 6) is 1.62. The Hall–Kier alpha value is -1.13. The van der Waals surface area contributed by atoms with Crippen LogP contribution >= 0.6 is 0 Å². The van der Waals surface area contributed by atoms with Crippen molar-refractivity contribution in [1.82, 2.24) is 4.98 Å². The molecule has 1 unspecified atom stereocenters. The molecule has 1 aromatic heterocycles. The number of pyridine rings is 1. The van der Waals surface area contributed by atoms with Gasteiger partial charge in [0.1, 0.15) is 5.82 Å². The monoisotopic (exact) mass is 221 g/mol. The summed E-state index contributed by atoms with van der Waals surface area (Å²) in [5, 5.41) is 8.91. The second-order valence-corrected chi connectivity index (χ2v) is 4.30. The number of aliphatic hydroxyl groups excluding tert-OH is 1. The molecule has 1 saturated heterocycles. The van der Waals surface area contributed by atoms with Gasteiger partial charge in [-0.15, -0.1) is 0 Å². The smallest absolute Gasteiger partial charge is 0.128 e. The second kappa shape index (κ2) is 5.27. The average Bonchev–Trinajstić information content (AvgIpc) is 2.78. The Morgan fingerprint density at radius 3 is 3.12 bits per heavy atom. The zero-order valence-electron chi connectivity index (χ0n) is 9.47. The molecule has 1 fully saturated rings. The Kier molecular flexibility index (Phi) is 3.74. The van der Waals surface area contributed by atoms with Gasteiger partial charge in [0.25, 0.3) is 0 Å².